The van der Waals surface area contributed by atoms with E-state index in [1.165, 1.54) is 129 Å². The Hall–Kier alpha value is -8.00. The molecular weight excluding hydrogens is 862 g/mol. The Bertz CT molecular complexity index is 4160. The molecule has 0 spiro atoms. The summed E-state index contributed by atoms with van der Waals surface area (Å²) in [5, 5.41) is 15.5. The minimum atomic E-state index is 0.179. The Labute approximate surface area is 387 Å². The van der Waals surface area contributed by atoms with Crippen LogP contribution in [0.25, 0.3) is 134 Å². The predicted molar refractivity (Wildman–Crippen MR) is 285 cm³/mol. The van der Waals surface area contributed by atoms with Gasteiger partial charge in [0.15, 0.2) is 0 Å². The summed E-state index contributed by atoms with van der Waals surface area (Å²) in [4.78, 5) is 0. The van der Waals surface area contributed by atoms with Crippen molar-refractivity contribution in [1.82, 2.24) is 4.57 Å². The van der Waals surface area contributed by atoms with Crippen molar-refractivity contribution in [3.63, 3.8) is 0 Å². The van der Waals surface area contributed by atoms with E-state index >= 15 is 0 Å². The summed E-state index contributed by atoms with van der Waals surface area (Å²) in [6.45, 7) is 0. The molecular formula is C64H39NSe. The molecule has 0 aliphatic heterocycles. The number of nitrogens with zero attached hydrogens (tertiary/aromatic N) is 1. The van der Waals surface area contributed by atoms with Gasteiger partial charge in [-0.1, -0.05) is 36.4 Å². The fraction of sp³-hybridized carbons (Fsp3) is 0. The van der Waals surface area contributed by atoms with Gasteiger partial charge in [0.2, 0.25) is 0 Å². The Balaban J connectivity index is 0.977. The van der Waals surface area contributed by atoms with Crippen LogP contribution in [-0.2, 0) is 0 Å². The molecule has 0 saturated carbocycles. The summed E-state index contributed by atoms with van der Waals surface area (Å²) in [5.74, 6) is 0. The zero-order chi connectivity index (χ0) is 43.3. The van der Waals surface area contributed by atoms with Gasteiger partial charge in [-0.25, -0.2) is 0 Å². The van der Waals surface area contributed by atoms with Crippen LogP contribution in [0.2, 0.25) is 0 Å². The molecule has 0 amide bonds. The Morgan fingerprint density at radius 2 is 0.712 bits per heavy atom. The summed E-state index contributed by atoms with van der Waals surface area (Å²) >= 11 is 0.179. The molecule has 0 aliphatic rings. The molecule has 0 saturated heterocycles. The van der Waals surface area contributed by atoms with Crippen molar-refractivity contribution in [2.45, 2.75) is 0 Å². The summed E-state index contributed by atoms with van der Waals surface area (Å²) in [6.07, 6.45) is 0. The zero-order valence-electron chi connectivity index (χ0n) is 35.9. The SMILES string of the molecule is c1ccc(-c2c3ccccc3c(-c3ccc4c(c3)[se]c3ccc(-c5c6ccccc6c(-c6cccc7c8ccccc8n(-c8ccccc8)c67)c6ccccc56)cc34)c3ccccc23)cc1. The Kier molecular flexibility index (Phi) is 8.37. The van der Waals surface area contributed by atoms with Crippen molar-refractivity contribution >= 4 is 98.7 Å². The molecule has 2 aromatic heterocycles. The molecule has 0 radical (unpaired) electrons. The predicted octanol–water partition coefficient (Wildman–Crippen LogP) is 17.4. The molecule has 14 aromatic rings. The Morgan fingerprint density at radius 1 is 0.258 bits per heavy atom. The minimum absolute atomic E-state index is 0.179. The third kappa shape index (κ3) is 5.53. The van der Waals surface area contributed by atoms with E-state index < -0.39 is 0 Å². The van der Waals surface area contributed by atoms with Crippen LogP contribution in [0.5, 0.6) is 0 Å². The molecule has 0 unspecified atom stereocenters. The van der Waals surface area contributed by atoms with Crippen LogP contribution in [-0.4, -0.2) is 19.1 Å². The number of aromatic nitrogens is 1. The number of para-hydroxylation sites is 3. The van der Waals surface area contributed by atoms with Gasteiger partial charge in [-0.2, -0.15) is 0 Å². The average molecular weight is 901 g/mol. The second-order valence-corrected chi connectivity index (χ2v) is 19.7. The van der Waals surface area contributed by atoms with E-state index in [1.54, 1.807) is 0 Å². The van der Waals surface area contributed by atoms with Crippen molar-refractivity contribution in [3.8, 4) is 50.2 Å². The van der Waals surface area contributed by atoms with Crippen LogP contribution in [0.4, 0.5) is 0 Å². The molecule has 0 N–H and O–H groups in total. The summed E-state index contributed by atoms with van der Waals surface area (Å²) in [5.41, 5.74) is 13.8. The van der Waals surface area contributed by atoms with Gasteiger partial charge in [0.25, 0.3) is 0 Å². The monoisotopic (exact) mass is 901 g/mol. The van der Waals surface area contributed by atoms with Gasteiger partial charge < -0.3 is 0 Å². The maximum atomic E-state index is 2.50. The number of hydrogen-bond acceptors (Lipinski definition) is 0. The number of benzene rings is 12. The molecule has 14 rings (SSSR count). The summed E-state index contributed by atoms with van der Waals surface area (Å²) in [7, 11) is 0. The van der Waals surface area contributed by atoms with Crippen LogP contribution in [0.3, 0.4) is 0 Å². The van der Waals surface area contributed by atoms with E-state index in [0.717, 1.165) is 5.69 Å². The quantitative estimate of drug-likeness (QED) is 0.120. The van der Waals surface area contributed by atoms with E-state index in [2.05, 4.69) is 241 Å². The number of fused-ring (bicyclic) bond motifs is 10. The zero-order valence-corrected chi connectivity index (χ0v) is 37.6. The van der Waals surface area contributed by atoms with Crippen molar-refractivity contribution < 1.29 is 0 Å². The maximum absolute atomic E-state index is 2.50. The first kappa shape index (κ1) is 37.4. The fourth-order valence-electron chi connectivity index (χ4n) is 11.2. The van der Waals surface area contributed by atoms with Crippen LogP contribution in [0.15, 0.2) is 237 Å². The van der Waals surface area contributed by atoms with E-state index in [0.29, 0.717) is 0 Å². The molecule has 0 aliphatic carbocycles. The third-order valence-electron chi connectivity index (χ3n) is 14.0. The van der Waals surface area contributed by atoms with E-state index in [4.69, 9.17) is 0 Å². The molecule has 2 heterocycles. The second-order valence-electron chi connectivity index (χ2n) is 17.5. The Morgan fingerprint density at radius 3 is 1.30 bits per heavy atom. The average Bonchev–Trinajstić information content (AvgIpc) is 3.93. The van der Waals surface area contributed by atoms with E-state index in [-0.39, 0.29) is 14.5 Å². The van der Waals surface area contributed by atoms with Gasteiger partial charge in [-0.15, -0.1) is 0 Å². The van der Waals surface area contributed by atoms with E-state index in [1.807, 2.05) is 0 Å². The number of hydrogen-bond donors (Lipinski definition) is 0. The number of rotatable bonds is 5. The van der Waals surface area contributed by atoms with Crippen molar-refractivity contribution in [2.75, 3.05) is 0 Å². The van der Waals surface area contributed by atoms with Crippen LogP contribution < -0.4 is 0 Å². The first-order chi connectivity index (χ1) is 32.8. The fourth-order valence-corrected chi connectivity index (χ4v) is 13.6. The summed E-state index contributed by atoms with van der Waals surface area (Å²) < 4.78 is 5.35. The van der Waals surface area contributed by atoms with Gasteiger partial charge in [0, 0.05) is 0 Å². The molecule has 2 heteroatoms. The molecule has 0 bridgehead atoms. The van der Waals surface area contributed by atoms with Gasteiger partial charge in [0.05, 0.1) is 0 Å². The normalized spacial score (nSPS) is 11.9. The third-order valence-corrected chi connectivity index (χ3v) is 16.3. The van der Waals surface area contributed by atoms with Gasteiger partial charge in [-0.05, 0) is 18.2 Å². The first-order valence-electron chi connectivity index (χ1n) is 22.8. The van der Waals surface area contributed by atoms with Gasteiger partial charge in [0.1, 0.15) is 0 Å². The standard InChI is InChI=1S/C64H39NSe/c1-3-18-40(19-4-1)60-46-23-7-9-25-48(46)62(49-26-10-8-24-47(49)60)42-34-36-45-56-38-41(35-37-58(56)66-59(45)39-42)61-50-27-11-13-29-52(50)63(53-30-14-12-28-51(53)61)55-32-17-31-54-44-22-15-16-33-57(44)65(64(54)55)43-20-5-2-6-21-43/h1-39H. The molecule has 1 nitrogen and oxygen atoms in total. The molecule has 0 atom stereocenters. The molecule has 66 heavy (non-hydrogen) atoms. The van der Waals surface area contributed by atoms with Gasteiger partial charge in [-0.3, -0.25) is 0 Å². The molecule has 0 fully saturated rings. The van der Waals surface area contributed by atoms with Crippen LogP contribution >= 0.6 is 0 Å². The molecule has 12 aromatic carbocycles. The van der Waals surface area contributed by atoms with Crippen LogP contribution in [0.1, 0.15) is 0 Å². The van der Waals surface area contributed by atoms with Crippen LogP contribution in [0, 0.1) is 0 Å². The van der Waals surface area contributed by atoms with Crippen molar-refractivity contribution in [1.29, 1.82) is 0 Å². The topological polar surface area (TPSA) is 4.93 Å². The summed E-state index contributed by atoms with van der Waals surface area (Å²) in [6, 6.07) is 88.1. The second kappa shape index (κ2) is 14.8. The van der Waals surface area contributed by atoms with Crippen molar-refractivity contribution in [2.24, 2.45) is 0 Å². The van der Waals surface area contributed by atoms with E-state index in [9.17, 15) is 0 Å². The van der Waals surface area contributed by atoms with Gasteiger partial charge >= 0.3 is 335 Å². The first-order valence-corrected chi connectivity index (χ1v) is 24.5. The van der Waals surface area contributed by atoms with Crippen molar-refractivity contribution in [3.05, 3.63) is 237 Å². The molecule has 306 valence electrons.